The third-order valence-electron chi connectivity index (χ3n) is 5.58. The molecule has 0 saturated heterocycles. The second-order valence-corrected chi connectivity index (χ2v) is 8.40. The van der Waals surface area contributed by atoms with Gasteiger partial charge in [0.25, 0.3) is 5.56 Å². The van der Waals surface area contributed by atoms with Gasteiger partial charge in [0.1, 0.15) is 0 Å². The Balaban J connectivity index is 1.53. The fourth-order valence-electron chi connectivity index (χ4n) is 3.74. The number of fused-ring (bicyclic) bond motifs is 1. The van der Waals surface area contributed by atoms with E-state index in [2.05, 4.69) is 25.6 Å². The van der Waals surface area contributed by atoms with Crippen molar-refractivity contribution in [2.45, 2.75) is 26.6 Å². The Morgan fingerprint density at radius 1 is 1.02 bits per heavy atom. The monoisotopic (exact) mass is 572 g/mol. The second kappa shape index (κ2) is 11.9. The van der Waals surface area contributed by atoms with Crippen LogP contribution in [0.1, 0.15) is 46.0 Å². The maximum Gasteiger partial charge on any atom is 0.418 e. The van der Waals surface area contributed by atoms with Crippen LogP contribution in [0.2, 0.25) is 0 Å². The number of aromatic amines is 1. The van der Waals surface area contributed by atoms with Crippen LogP contribution in [0.4, 0.5) is 23.7 Å². The lowest BCUT2D eigenvalue weighted by Gasteiger charge is -2.14. The highest BCUT2D eigenvalue weighted by atomic mass is 19.4. The molecule has 0 fully saturated rings. The first-order valence-corrected chi connectivity index (χ1v) is 12.2. The molecule has 0 aliphatic rings. The van der Waals surface area contributed by atoms with E-state index >= 15 is 0 Å². The first-order valence-electron chi connectivity index (χ1n) is 12.2. The van der Waals surface area contributed by atoms with Crippen molar-refractivity contribution in [1.82, 2.24) is 24.8 Å². The summed E-state index contributed by atoms with van der Waals surface area (Å²) in [5, 5.41) is 5.10. The number of ether oxygens (including phenoxy) is 2. The van der Waals surface area contributed by atoms with Crippen molar-refractivity contribution < 1.29 is 37.0 Å². The number of imidazole rings is 1. The van der Waals surface area contributed by atoms with Gasteiger partial charge >= 0.3 is 24.1 Å². The molecule has 41 heavy (non-hydrogen) atoms. The summed E-state index contributed by atoms with van der Waals surface area (Å²) in [6.07, 6.45) is -2.41. The molecule has 2 aromatic carbocycles. The number of nitrogens with zero attached hydrogens (tertiary/aromatic N) is 3. The number of hydrogen-bond acceptors (Lipinski definition) is 8. The van der Waals surface area contributed by atoms with Crippen LogP contribution in [0, 0.1) is 0 Å². The van der Waals surface area contributed by atoms with E-state index in [1.165, 1.54) is 37.4 Å². The molecule has 12 nitrogen and oxygen atoms in total. The number of amides is 2. The van der Waals surface area contributed by atoms with E-state index in [-0.39, 0.29) is 42.2 Å². The fourth-order valence-corrected chi connectivity index (χ4v) is 3.74. The molecule has 0 aliphatic heterocycles. The normalized spacial score (nSPS) is 11.2. The Labute approximate surface area is 229 Å². The van der Waals surface area contributed by atoms with Crippen LogP contribution in [0.3, 0.4) is 0 Å². The minimum absolute atomic E-state index is 0.0259. The summed E-state index contributed by atoms with van der Waals surface area (Å²) in [4.78, 5) is 58.5. The van der Waals surface area contributed by atoms with E-state index in [1.807, 2.05) is 0 Å². The molecule has 214 valence electrons. The number of aromatic nitrogens is 4. The third-order valence-corrected chi connectivity index (χ3v) is 5.58. The molecule has 2 amide bonds. The van der Waals surface area contributed by atoms with Crippen LogP contribution in [0.15, 0.2) is 53.7 Å². The van der Waals surface area contributed by atoms with Gasteiger partial charge in [-0.1, -0.05) is 0 Å². The van der Waals surface area contributed by atoms with Crippen molar-refractivity contribution in [3.8, 4) is 5.69 Å². The molecule has 0 bridgehead atoms. The van der Waals surface area contributed by atoms with Crippen molar-refractivity contribution in [2.75, 3.05) is 18.5 Å². The van der Waals surface area contributed by atoms with Crippen LogP contribution in [-0.4, -0.2) is 50.7 Å². The highest BCUT2D eigenvalue weighted by molar-refractivity contribution is 5.92. The van der Waals surface area contributed by atoms with E-state index in [9.17, 15) is 32.3 Å². The van der Waals surface area contributed by atoms with Crippen molar-refractivity contribution >= 4 is 34.7 Å². The lowest BCUT2D eigenvalue weighted by atomic mass is 10.1. The summed E-state index contributed by atoms with van der Waals surface area (Å²) in [7, 11) is 0. The van der Waals surface area contributed by atoms with Gasteiger partial charge in [0.15, 0.2) is 0 Å². The number of rotatable bonds is 8. The molecule has 0 radical (unpaired) electrons. The highest BCUT2D eigenvalue weighted by Gasteiger charge is 2.35. The molecule has 0 saturated carbocycles. The summed E-state index contributed by atoms with van der Waals surface area (Å²) in [5.41, 5.74) is -2.42. The van der Waals surface area contributed by atoms with Crippen molar-refractivity contribution in [3.05, 3.63) is 81.8 Å². The van der Waals surface area contributed by atoms with Crippen LogP contribution < -0.4 is 16.2 Å². The van der Waals surface area contributed by atoms with Crippen molar-refractivity contribution in [3.63, 3.8) is 0 Å². The molecule has 3 N–H and O–H groups in total. The smallest absolute Gasteiger partial charge is 0.418 e. The zero-order valence-electron chi connectivity index (χ0n) is 21.7. The van der Waals surface area contributed by atoms with E-state index in [0.717, 1.165) is 17.0 Å². The number of anilines is 1. The van der Waals surface area contributed by atoms with Crippen LogP contribution in [-0.2, 0) is 22.2 Å². The predicted molar refractivity (Wildman–Crippen MR) is 139 cm³/mol. The summed E-state index contributed by atoms with van der Waals surface area (Å²) in [5.74, 6) is -1.51. The minimum atomic E-state index is -4.81. The topological polar surface area (TPSA) is 157 Å². The van der Waals surface area contributed by atoms with Gasteiger partial charge in [0, 0.05) is 11.9 Å². The van der Waals surface area contributed by atoms with E-state index < -0.39 is 41.0 Å². The maximum atomic E-state index is 13.9. The lowest BCUT2D eigenvalue weighted by molar-refractivity contribution is -0.137. The molecule has 2 heterocycles. The molecule has 0 atom stereocenters. The number of esters is 2. The summed E-state index contributed by atoms with van der Waals surface area (Å²) >= 11 is 0. The largest absolute Gasteiger partial charge is 0.462 e. The SMILES string of the molecule is CCOC(=O)c1ccc(NC(=O)NCc2cn(-c3cc4nc(C(=O)OCC)c(=O)[nH]c4cc3C(F)(F)F)cn2)cc1. The average Bonchev–Trinajstić information content (AvgIpc) is 3.40. The van der Waals surface area contributed by atoms with Crippen molar-refractivity contribution in [1.29, 1.82) is 0 Å². The van der Waals surface area contributed by atoms with Crippen molar-refractivity contribution in [2.24, 2.45) is 0 Å². The number of carbonyl (C=O) groups excluding carboxylic acids is 3. The Hall–Kier alpha value is -5.21. The van der Waals surface area contributed by atoms with E-state index in [1.54, 1.807) is 6.92 Å². The Kier molecular flexibility index (Phi) is 8.35. The minimum Gasteiger partial charge on any atom is -0.462 e. The highest BCUT2D eigenvalue weighted by Crippen LogP contribution is 2.35. The van der Waals surface area contributed by atoms with Gasteiger partial charge in [-0.25, -0.2) is 24.4 Å². The molecule has 4 rings (SSSR count). The van der Waals surface area contributed by atoms with E-state index in [4.69, 9.17) is 9.47 Å². The molecule has 4 aromatic rings. The van der Waals surface area contributed by atoms with Gasteiger partial charge in [0.2, 0.25) is 5.69 Å². The quantitative estimate of drug-likeness (QED) is 0.269. The zero-order chi connectivity index (χ0) is 29.7. The zero-order valence-corrected chi connectivity index (χ0v) is 21.7. The standard InChI is InChI=1S/C26H23F3N6O6/c1-3-40-23(37)14-5-7-15(8-6-14)32-25(39)30-11-16-12-35(13-31-16)20-10-19-18(9-17(20)26(27,28)29)34-22(36)21(33-19)24(38)41-4-2/h5-10,12-13H,3-4,11H2,1-2H3,(H,34,36)(H2,30,32,39). The number of H-pyrrole nitrogens is 1. The van der Waals surface area contributed by atoms with Gasteiger partial charge in [-0.2, -0.15) is 13.2 Å². The fraction of sp³-hybridized carbons (Fsp3) is 0.231. The summed E-state index contributed by atoms with van der Waals surface area (Å²) in [6, 6.07) is 7.13. The molecule has 0 unspecified atom stereocenters. The Morgan fingerprint density at radius 2 is 1.71 bits per heavy atom. The number of urea groups is 1. The van der Waals surface area contributed by atoms with Gasteiger partial charge in [-0.15, -0.1) is 0 Å². The number of hydrogen-bond donors (Lipinski definition) is 3. The predicted octanol–water partition coefficient (Wildman–Crippen LogP) is 3.80. The molecule has 0 aliphatic carbocycles. The second-order valence-electron chi connectivity index (χ2n) is 8.40. The van der Waals surface area contributed by atoms with Crippen LogP contribution in [0.5, 0.6) is 0 Å². The van der Waals surface area contributed by atoms with Crippen LogP contribution >= 0.6 is 0 Å². The van der Waals surface area contributed by atoms with Gasteiger partial charge in [-0.3, -0.25) is 4.79 Å². The number of carbonyl (C=O) groups is 3. The average molecular weight is 573 g/mol. The van der Waals surface area contributed by atoms with Gasteiger partial charge in [-0.05, 0) is 50.2 Å². The molecular formula is C26H23F3N6O6. The number of alkyl halides is 3. The Morgan fingerprint density at radius 3 is 2.37 bits per heavy atom. The third kappa shape index (κ3) is 6.69. The lowest BCUT2D eigenvalue weighted by Crippen LogP contribution is -2.28. The number of nitrogens with one attached hydrogen (secondary N) is 3. The molecule has 15 heteroatoms. The summed E-state index contributed by atoms with van der Waals surface area (Å²) < 4.78 is 52.6. The summed E-state index contributed by atoms with van der Waals surface area (Å²) in [6.45, 7) is 3.28. The Bertz CT molecular complexity index is 1660. The molecular weight excluding hydrogens is 549 g/mol. The maximum absolute atomic E-state index is 13.9. The first-order chi connectivity index (χ1) is 19.5. The number of halogens is 3. The molecule has 2 aromatic heterocycles. The number of benzene rings is 2. The van der Waals surface area contributed by atoms with E-state index in [0.29, 0.717) is 17.3 Å². The van der Waals surface area contributed by atoms with Gasteiger partial charge < -0.3 is 29.7 Å². The van der Waals surface area contributed by atoms with Crippen LogP contribution in [0.25, 0.3) is 16.7 Å². The van der Waals surface area contributed by atoms with Gasteiger partial charge in [0.05, 0.1) is 59.6 Å². The first kappa shape index (κ1) is 28.8. The molecule has 0 spiro atoms.